The van der Waals surface area contributed by atoms with Gasteiger partial charge in [0.15, 0.2) is 0 Å². The molecule has 0 radical (unpaired) electrons. The fourth-order valence-corrected chi connectivity index (χ4v) is 2.02. The lowest BCUT2D eigenvalue weighted by Crippen LogP contribution is -2.27. The molecule has 16 heavy (non-hydrogen) atoms. The van der Waals surface area contributed by atoms with Crippen molar-refractivity contribution in [1.82, 2.24) is 19.2 Å². The van der Waals surface area contributed by atoms with Crippen molar-refractivity contribution >= 4 is 17.4 Å². The molecule has 2 heterocycles. The Labute approximate surface area is 97.3 Å². The molecule has 1 N–H and O–H groups in total. The number of nitrogens with one attached hydrogen (secondary N) is 1. The molecule has 2 aromatic heterocycles. The summed E-state index contributed by atoms with van der Waals surface area (Å²) in [5, 5.41) is 4.61. The lowest BCUT2D eigenvalue weighted by molar-refractivity contribution is 0.0952. The Morgan fingerprint density at radius 1 is 1.62 bits per heavy atom. The van der Waals surface area contributed by atoms with Crippen LogP contribution in [-0.4, -0.2) is 26.4 Å². The molecule has 0 atom stereocenters. The molecule has 0 unspecified atom stereocenters. The van der Waals surface area contributed by atoms with Crippen molar-refractivity contribution in [3.8, 4) is 0 Å². The fraction of sp³-hybridized carbons (Fsp3) is 0.300. The van der Waals surface area contributed by atoms with Crippen molar-refractivity contribution in [3.05, 3.63) is 35.4 Å². The van der Waals surface area contributed by atoms with Crippen LogP contribution in [0.25, 0.3) is 0 Å². The standard InChI is InChI=1S/C10H12N4OS/c1-8-9(6-16-13-8)10(15)12-3-5-14-4-2-11-7-14/h2,4,6-7H,3,5H2,1H3,(H,12,15). The first-order valence-corrected chi connectivity index (χ1v) is 5.76. The first-order chi connectivity index (χ1) is 7.77. The number of rotatable bonds is 4. The number of hydrogen-bond donors (Lipinski definition) is 1. The highest BCUT2D eigenvalue weighted by Gasteiger charge is 2.09. The molecular formula is C10H12N4OS. The Balaban J connectivity index is 1.83. The van der Waals surface area contributed by atoms with Crippen LogP contribution in [0.5, 0.6) is 0 Å². The number of amides is 1. The summed E-state index contributed by atoms with van der Waals surface area (Å²) in [6, 6.07) is 0. The van der Waals surface area contributed by atoms with Crippen LogP contribution in [0.4, 0.5) is 0 Å². The molecule has 6 heteroatoms. The largest absolute Gasteiger partial charge is 0.350 e. The molecule has 0 aliphatic heterocycles. The van der Waals surface area contributed by atoms with Crippen molar-refractivity contribution < 1.29 is 4.79 Å². The van der Waals surface area contributed by atoms with Crippen LogP contribution in [0.15, 0.2) is 24.1 Å². The summed E-state index contributed by atoms with van der Waals surface area (Å²) in [5.41, 5.74) is 1.45. The third kappa shape index (κ3) is 2.46. The smallest absolute Gasteiger partial charge is 0.254 e. The topological polar surface area (TPSA) is 59.8 Å². The summed E-state index contributed by atoms with van der Waals surface area (Å²) in [6.07, 6.45) is 5.31. The van der Waals surface area contributed by atoms with Crippen LogP contribution in [-0.2, 0) is 6.54 Å². The van der Waals surface area contributed by atoms with Crippen molar-refractivity contribution in [2.45, 2.75) is 13.5 Å². The molecule has 0 saturated carbocycles. The highest BCUT2D eigenvalue weighted by molar-refractivity contribution is 7.03. The van der Waals surface area contributed by atoms with Gasteiger partial charge in [-0.05, 0) is 18.5 Å². The average Bonchev–Trinajstić information content (AvgIpc) is 2.88. The van der Waals surface area contributed by atoms with Gasteiger partial charge >= 0.3 is 0 Å². The van der Waals surface area contributed by atoms with E-state index in [2.05, 4.69) is 14.7 Å². The zero-order valence-corrected chi connectivity index (χ0v) is 9.70. The second kappa shape index (κ2) is 4.89. The van der Waals surface area contributed by atoms with Gasteiger partial charge in [0, 0.05) is 30.9 Å². The summed E-state index contributed by atoms with van der Waals surface area (Å²) in [6.45, 7) is 3.15. The molecule has 0 spiro atoms. The van der Waals surface area contributed by atoms with E-state index in [9.17, 15) is 4.79 Å². The van der Waals surface area contributed by atoms with E-state index in [-0.39, 0.29) is 5.91 Å². The molecule has 0 aliphatic rings. The van der Waals surface area contributed by atoms with Crippen LogP contribution in [0.3, 0.4) is 0 Å². The molecule has 2 aromatic rings. The van der Waals surface area contributed by atoms with Crippen molar-refractivity contribution in [2.24, 2.45) is 0 Å². The normalized spacial score (nSPS) is 10.3. The van der Waals surface area contributed by atoms with Gasteiger partial charge in [0.05, 0.1) is 17.6 Å². The van der Waals surface area contributed by atoms with Gasteiger partial charge < -0.3 is 9.88 Å². The zero-order valence-electron chi connectivity index (χ0n) is 8.88. The van der Waals surface area contributed by atoms with E-state index >= 15 is 0 Å². The van der Waals surface area contributed by atoms with Gasteiger partial charge in [-0.3, -0.25) is 4.79 Å². The van der Waals surface area contributed by atoms with Gasteiger partial charge in [-0.15, -0.1) is 0 Å². The Morgan fingerprint density at radius 2 is 2.50 bits per heavy atom. The third-order valence-electron chi connectivity index (χ3n) is 2.21. The minimum Gasteiger partial charge on any atom is -0.350 e. The molecule has 0 aromatic carbocycles. The van der Waals surface area contributed by atoms with Crippen LogP contribution in [0.2, 0.25) is 0 Å². The Kier molecular flexibility index (Phi) is 3.31. The van der Waals surface area contributed by atoms with Gasteiger partial charge in [0.25, 0.3) is 5.91 Å². The van der Waals surface area contributed by atoms with Gasteiger partial charge in [-0.1, -0.05) is 0 Å². The van der Waals surface area contributed by atoms with Gasteiger partial charge in [-0.2, -0.15) is 4.37 Å². The Bertz CT molecular complexity index is 463. The van der Waals surface area contributed by atoms with Crippen molar-refractivity contribution in [3.63, 3.8) is 0 Å². The Hall–Kier alpha value is -1.69. The highest BCUT2D eigenvalue weighted by atomic mass is 32.1. The second-order valence-corrected chi connectivity index (χ2v) is 4.00. The second-order valence-electron chi connectivity index (χ2n) is 3.37. The third-order valence-corrected chi connectivity index (χ3v) is 2.93. The molecule has 0 aliphatic carbocycles. The molecular weight excluding hydrogens is 224 g/mol. The maximum absolute atomic E-state index is 11.7. The summed E-state index contributed by atoms with van der Waals surface area (Å²) >= 11 is 1.30. The molecule has 84 valence electrons. The number of aryl methyl sites for hydroxylation is 1. The number of nitrogens with zero attached hydrogens (tertiary/aromatic N) is 3. The van der Waals surface area contributed by atoms with Crippen molar-refractivity contribution in [2.75, 3.05) is 6.54 Å². The number of carbonyl (C=O) groups is 1. The van der Waals surface area contributed by atoms with E-state index < -0.39 is 0 Å². The zero-order chi connectivity index (χ0) is 11.4. The van der Waals surface area contributed by atoms with Crippen molar-refractivity contribution in [1.29, 1.82) is 0 Å². The van der Waals surface area contributed by atoms with E-state index in [4.69, 9.17) is 0 Å². The van der Waals surface area contributed by atoms with Gasteiger partial charge in [0.1, 0.15) is 0 Å². The van der Waals surface area contributed by atoms with Crippen LogP contribution in [0.1, 0.15) is 16.1 Å². The monoisotopic (exact) mass is 236 g/mol. The quantitative estimate of drug-likeness (QED) is 0.864. The average molecular weight is 236 g/mol. The van der Waals surface area contributed by atoms with Crippen LogP contribution < -0.4 is 5.32 Å². The number of hydrogen-bond acceptors (Lipinski definition) is 4. The van der Waals surface area contributed by atoms with E-state index in [0.717, 1.165) is 12.2 Å². The minimum absolute atomic E-state index is 0.0636. The van der Waals surface area contributed by atoms with Crippen LogP contribution in [0, 0.1) is 6.92 Å². The predicted octanol–water partition coefficient (Wildman–Crippen LogP) is 1.08. The summed E-state index contributed by atoms with van der Waals surface area (Å²) in [5.74, 6) is -0.0636. The van der Waals surface area contributed by atoms with Gasteiger partial charge in [-0.25, -0.2) is 4.98 Å². The molecule has 2 rings (SSSR count). The molecule has 5 nitrogen and oxygen atoms in total. The number of aromatic nitrogens is 3. The van der Waals surface area contributed by atoms with E-state index in [1.54, 1.807) is 17.9 Å². The Morgan fingerprint density at radius 3 is 3.12 bits per heavy atom. The highest BCUT2D eigenvalue weighted by Crippen LogP contribution is 2.08. The summed E-state index contributed by atoms with van der Waals surface area (Å²) < 4.78 is 5.98. The minimum atomic E-state index is -0.0636. The van der Waals surface area contributed by atoms with E-state index in [1.807, 2.05) is 17.7 Å². The first kappa shape index (κ1) is 10.8. The summed E-state index contributed by atoms with van der Waals surface area (Å²) in [4.78, 5) is 15.6. The molecule has 0 fully saturated rings. The van der Waals surface area contributed by atoms with Gasteiger partial charge in [0.2, 0.25) is 0 Å². The SMILES string of the molecule is Cc1nscc1C(=O)NCCn1ccnc1. The van der Waals surface area contributed by atoms with Crippen LogP contribution >= 0.6 is 11.5 Å². The number of carbonyl (C=O) groups excluding carboxylic acids is 1. The lowest BCUT2D eigenvalue weighted by Gasteiger charge is -2.04. The first-order valence-electron chi connectivity index (χ1n) is 4.92. The van der Waals surface area contributed by atoms with E-state index in [1.165, 1.54) is 11.5 Å². The molecule has 1 amide bonds. The maximum Gasteiger partial charge on any atom is 0.254 e. The summed E-state index contributed by atoms with van der Waals surface area (Å²) in [7, 11) is 0. The maximum atomic E-state index is 11.7. The van der Waals surface area contributed by atoms with E-state index in [0.29, 0.717) is 12.1 Å². The molecule has 0 bridgehead atoms. The lowest BCUT2D eigenvalue weighted by atomic mass is 10.2. The molecule has 0 saturated heterocycles. The number of imidazole rings is 1. The predicted molar refractivity (Wildman–Crippen MR) is 61.4 cm³/mol. The fourth-order valence-electron chi connectivity index (χ4n) is 1.32.